The number of rotatable bonds is 4. The number of nitrogen functional groups attached to an aromatic ring is 1. The van der Waals surface area contributed by atoms with E-state index < -0.39 is 5.91 Å². The molecule has 2 aromatic rings. The summed E-state index contributed by atoms with van der Waals surface area (Å²) in [7, 11) is 2.95. The highest BCUT2D eigenvalue weighted by molar-refractivity contribution is 6.37. The van der Waals surface area contributed by atoms with Crippen LogP contribution in [0.2, 0.25) is 10.0 Å². The number of halogens is 2. The molecule has 0 aliphatic rings. The van der Waals surface area contributed by atoms with Crippen molar-refractivity contribution in [1.82, 2.24) is 0 Å². The van der Waals surface area contributed by atoms with Crippen LogP contribution >= 0.6 is 23.2 Å². The van der Waals surface area contributed by atoms with E-state index in [0.29, 0.717) is 28.4 Å². The fraction of sp³-hybridized carbons (Fsp3) is 0.133. The van der Waals surface area contributed by atoms with Gasteiger partial charge in [0, 0.05) is 11.3 Å². The molecule has 0 bridgehead atoms. The molecule has 0 spiro atoms. The molecule has 0 unspecified atom stereocenters. The highest BCUT2D eigenvalue weighted by atomic mass is 35.5. The largest absolute Gasteiger partial charge is 0.495 e. The van der Waals surface area contributed by atoms with Crippen LogP contribution in [0.3, 0.4) is 0 Å². The van der Waals surface area contributed by atoms with Crippen molar-refractivity contribution in [2.45, 2.75) is 0 Å². The first-order valence-corrected chi connectivity index (χ1v) is 6.99. The molecule has 5 nitrogen and oxygen atoms in total. The molecule has 0 saturated carbocycles. The third kappa shape index (κ3) is 3.37. The van der Waals surface area contributed by atoms with E-state index >= 15 is 0 Å². The van der Waals surface area contributed by atoms with Crippen molar-refractivity contribution in [2.75, 3.05) is 25.3 Å². The molecule has 116 valence electrons. The molecule has 0 radical (unpaired) electrons. The van der Waals surface area contributed by atoms with Crippen LogP contribution in [0.1, 0.15) is 10.4 Å². The number of ether oxygens (including phenoxy) is 2. The third-order valence-corrected chi connectivity index (χ3v) is 3.50. The SMILES string of the molecule is COc1ccc(N)cc1NC(=O)c1cc(Cl)c(OC)c(Cl)c1. The van der Waals surface area contributed by atoms with E-state index in [-0.39, 0.29) is 10.0 Å². The van der Waals surface area contributed by atoms with Crippen molar-refractivity contribution in [1.29, 1.82) is 0 Å². The lowest BCUT2D eigenvalue weighted by Crippen LogP contribution is -2.13. The first-order chi connectivity index (χ1) is 10.5. The summed E-state index contributed by atoms with van der Waals surface area (Å²) in [6.07, 6.45) is 0. The maximum Gasteiger partial charge on any atom is 0.255 e. The Labute approximate surface area is 137 Å². The number of amides is 1. The number of carbonyl (C=O) groups excluding carboxylic acids is 1. The summed E-state index contributed by atoms with van der Waals surface area (Å²) in [6, 6.07) is 7.89. The highest BCUT2D eigenvalue weighted by Crippen LogP contribution is 2.34. The molecule has 1 amide bonds. The highest BCUT2D eigenvalue weighted by Gasteiger charge is 2.15. The van der Waals surface area contributed by atoms with Crippen LogP contribution in [-0.2, 0) is 0 Å². The molecule has 0 heterocycles. The third-order valence-electron chi connectivity index (χ3n) is 2.94. The van der Waals surface area contributed by atoms with Gasteiger partial charge in [0.15, 0.2) is 5.75 Å². The zero-order chi connectivity index (χ0) is 16.3. The normalized spacial score (nSPS) is 10.2. The van der Waals surface area contributed by atoms with Gasteiger partial charge in [-0.05, 0) is 30.3 Å². The maximum absolute atomic E-state index is 12.3. The Hall–Kier alpha value is -2.11. The average molecular weight is 341 g/mol. The fourth-order valence-corrected chi connectivity index (χ4v) is 2.55. The molecule has 0 atom stereocenters. The lowest BCUT2D eigenvalue weighted by atomic mass is 10.2. The van der Waals surface area contributed by atoms with Gasteiger partial charge in [-0.15, -0.1) is 0 Å². The molecular formula is C15H14Cl2N2O3. The minimum Gasteiger partial charge on any atom is -0.495 e. The minimum absolute atomic E-state index is 0.250. The van der Waals surface area contributed by atoms with Crippen LogP contribution in [0, 0.1) is 0 Å². The van der Waals surface area contributed by atoms with Crippen molar-refractivity contribution in [3.63, 3.8) is 0 Å². The lowest BCUT2D eigenvalue weighted by molar-refractivity contribution is 0.102. The van der Waals surface area contributed by atoms with Crippen LogP contribution in [-0.4, -0.2) is 20.1 Å². The van der Waals surface area contributed by atoms with Gasteiger partial charge in [0.25, 0.3) is 5.91 Å². The van der Waals surface area contributed by atoms with Crippen LogP contribution < -0.4 is 20.5 Å². The summed E-state index contributed by atoms with van der Waals surface area (Å²) in [4.78, 5) is 12.3. The number of nitrogens with one attached hydrogen (secondary N) is 1. The van der Waals surface area contributed by atoms with E-state index in [4.69, 9.17) is 38.4 Å². The van der Waals surface area contributed by atoms with Gasteiger partial charge in [-0.1, -0.05) is 23.2 Å². The number of anilines is 2. The zero-order valence-corrected chi connectivity index (χ0v) is 13.5. The Morgan fingerprint density at radius 3 is 2.27 bits per heavy atom. The molecule has 0 aliphatic heterocycles. The molecule has 0 fully saturated rings. The molecule has 0 saturated heterocycles. The van der Waals surface area contributed by atoms with Crippen LogP contribution in [0.25, 0.3) is 0 Å². The summed E-state index contributed by atoms with van der Waals surface area (Å²) in [6.45, 7) is 0. The van der Waals surface area contributed by atoms with Crippen LogP contribution in [0.4, 0.5) is 11.4 Å². The monoisotopic (exact) mass is 340 g/mol. The second kappa shape index (κ2) is 6.77. The maximum atomic E-state index is 12.3. The predicted octanol–water partition coefficient (Wildman–Crippen LogP) is 3.85. The predicted molar refractivity (Wildman–Crippen MR) is 88.4 cm³/mol. The smallest absolute Gasteiger partial charge is 0.255 e. The molecule has 0 aliphatic carbocycles. The lowest BCUT2D eigenvalue weighted by Gasteiger charge is -2.12. The van der Waals surface area contributed by atoms with Crippen LogP contribution in [0.5, 0.6) is 11.5 Å². The zero-order valence-electron chi connectivity index (χ0n) is 11.9. The topological polar surface area (TPSA) is 73.6 Å². The molecule has 0 aromatic heterocycles. The van der Waals surface area contributed by atoms with Crippen LogP contribution in [0.15, 0.2) is 30.3 Å². The van der Waals surface area contributed by atoms with Gasteiger partial charge in [-0.2, -0.15) is 0 Å². The Balaban J connectivity index is 2.32. The van der Waals surface area contributed by atoms with E-state index in [2.05, 4.69) is 5.32 Å². The standard InChI is InChI=1S/C15H14Cl2N2O3/c1-21-13-4-3-9(18)7-12(13)19-15(20)8-5-10(16)14(22-2)11(17)6-8/h3-7H,18H2,1-2H3,(H,19,20). The van der Waals surface area contributed by atoms with Gasteiger partial charge in [-0.25, -0.2) is 0 Å². The Morgan fingerprint density at radius 2 is 1.73 bits per heavy atom. The molecule has 7 heteroatoms. The van der Waals surface area contributed by atoms with E-state index in [0.717, 1.165) is 0 Å². The number of carbonyl (C=O) groups is 1. The second-order valence-electron chi connectivity index (χ2n) is 4.39. The van der Waals surface area contributed by atoms with E-state index in [9.17, 15) is 4.79 Å². The molecule has 3 N–H and O–H groups in total. The molecule has 2 aromatic carbocycles. The van der Waals surface area contributed by atoms with Gasteiger partial charge in [-0.3, -0.25) is 4.79 Å². The van der Waals surface area contributed by atoms with Crippen molar-refractivity contribution in [2.24, 2.45) is 0 Å². The minimum atomic E-state index is -0.393. The molecule has 2 rings (SSSR count). The Kier molecular flexibility index (Phi) is 5.00. The number of hydrogen-bond donors (Lipinski definition) is 2. The van der Waals surface area contributed by atoms with Gasteiger partial charge < -0.3 is 20.5 Å². The Bertz CT molecular complexity index is 697. The van der Waals surface area contributed by atoms with E-state index in [1.807, 2.05) is 0 Å². The van der Waals surface area contributed by atoms with Gasteiger partial charge in [0.05, 0.1) is 30.0 Å². The number of nitrogens with two attached hydrogens (primary N) is 1. The van der Waals surface area contributed by atoms with Crippen molar-refractivity contribution in [3.8, 4) is 11.5 Å². The number of benzene rings is 2. The summed E-state index contributed by atoms with van der Waals surface area (Å²) in [5, 5.41) is 3.21. The Morgan fingerprint density at radius 1 is 1.09 bits per heavy atom. The van der Waals surface area contributed by atoms with E-state index in [1.165, 1.54) is 26.4 Å². The summed E-state index contributed by atoms with van der Waals surface area (Å²) in [5.74, 6) is 0.421. The van der Waals surface area contributed by atoms with Crippen molar-refractivity contribution in [3.05, 3.63) is 45.9 Å². The van der Waals surface area contributed by atoms with Gasteiger partial charge in [0.2, 0.25) is 0 Å². The summed E-state index contributed by atoms with van der Waals surface area (Å²) >= 11 is 12.1. The van der Waals surface area contributed by atoms with Crippen molar-refractivity contribution < 1.29 is 14.3 Å². The first kappa shape index (κ1) is 16.3. The summed E-state index contributed by atoms with van der Waals surface area (Å²) < 4.78 is 10.2. The molecule has 22 heavy (non-hydrogen) atoms. The first-order valence-electron chi connectivity index (χ1n) is 6.24. The fourth-order valence-electron chi connectivity index (χ4n) is 1.90. The van der Waals surface area contributed by atoms with Gasteiger partial charge >= 0.3 is 0 Å². The number of hydrogen-bond acceptors (Lipinski definition) is 4. The van der Waals surface area contributed by atoms with Crippen molar-refractivity contribution >= 4 is 40.5 Å². The summed E-state index contributed by atoms with van der Waals surface area (Å²) in [5.41, 5.74) is 6.97. The molecular weight excluding hydrogens is 327 g/mol. The van der Waals surface area contributed by atoms with Gasteiger partial charge in [0.1, 0.15) is 5.75 Å². The number of methoxy groups -OCH3 is 2. The van der Waals surface area contributed by atoms with E-state index in [1.54, 1.807) is 18.2 Å². The second-order valence-corrected chi connectivity index (χ2v) is 5.20. The quantitative estimate of drug-likeness (QED) is 0.829. The average Bonchev–Trinajstić information content (AvgIpc) is 2.47.